The fourth-order valence-electron chi connectivity index (χ4n) is 2.74. The van der Waals surface area contributed by atoms with E-state index in [1.54, 1.807) is 18.2 Å². The monoisotopic (exact) mass is 373 g/mol. The minimum atomic E-state index is -0.429. The highest BCUT2D eigenvalue weighted by molar-refractivity contribution is 5.98. The van der Waals surface area contributed by atoms with E-state index in [1.165, 1.54) is 12.3 Å². The third kappa shape index (κ3) is 5.91. The molecule has 0 spiro atoms. The fourth-order valence-corrected chi connectivity index (χ4v) is 2.74. The number of nitrogens with one attached hydrogen (secondary N) is 1. The Morgan fingerprint density at radius 3 is 2.37 bits per heavy atom. The molecular formula is C20H28FN5O. The number of carbonyl (C=O) groups excluding carboxylic acids is 1. The molecule has 0 aliphatic rings. The van der Waals surface area contributed by atoms with Crippen molar-refractivity contribution in [1.29, 1.82) is 0 Å². The lowest BCUT2D eigenvalue weighted by atomic mass is 10.1. The van der Waals surface area contributed by atoms with Gasteiger partial charge in [0.1, 0.15) is 11.6 Å². The van der Waals surface area contributed by atoms with Crippen molar-refractivity contribution >= 4 is 17.7 Å². The Hall–Kier alpha value is -2.70. The van der Waals surface area contributed by atoms with Crippen LogP contribution in [0.4, 0.5) is 16.2 Å². The van der Waals surface area contributed by atoms with Crippen LogP contribution in [0.15, 0.2) is 30.5 Å². The van der Waals surface area contributed by atoms with E-state index >= 15 is 0 Å². The summed E-state index contributed by atoms with van der Waals surface area (Å²) in [6.07, 6.45) is 1.43. The average Bonchev–Trinajstić information content (AvgIpc) is 2.59. The number of rotatable bonds is 8. The summed E-state index contributed by atoms with van der Waals surface area (Å²) in [4.78, 5) is 23.1. The second-order valence-electron chi connectivity index (χ2n) is 7.44. The normalized spacial score (nSPS) is 11.1. The number of benzene rings is 1. The molecule has 0 saturated heterocycles. The summed E-state index contributed by atoms with van der Waals surface area (Å²) < 4.78 is 13.7. The first kappa shape index (κ1) is 20.6. The average molecular weight is 373 g/mol. The second kappa shape index (κ2) is 9.30. The maximum absolute atomic E-state index is 13.7. The lowest BCUT2D eigenvalue weighted by Crippen LogP contribution is -2.33. The molecule has 6 nitrogen and oxygen atoms in total. The van der Waals surface area contributed by atoms with Gasteiger partial charge in [0.25, 0.3) is 5.91 Å². The molecule has 3 N–H and O–H groups in total. The highest BCUT2D eigenvalue weighted by Gasteiger charge is 2.17. The van der Waals surface area contributed by atoms with E-state index in [1.807, 2.05) is 0 Å². The van der Waals surface area contributed by atoms with Gasteiger partial charge in [-0.3, -0.25) is 4.79 Å². The number of nitrogens with zero attached hydrogens (tertiary/aromatic N) is 3. The lowest BCUT2D eigenvalue weighted by Gasteiger charge is -2.26. The molecule has 1 amide bonds. The molecule has 1 aromatic carbocycles. The SMILES string of the molecule is CC(C)CN(CC(C)C)c1ncc(C(=O)NCc2ccccc2F)c(N)n1. The Balaban J connectivity index is 2.12. The van der Waals surface area contributed by atoms with Crippen LogP contribution in [0.5, 0.6) is 0 Å². The number of halogens is 1. The van der Waals surface area contributed by atoms with Crippen LogP contribution in [0.3, 0.4) is 0 Å². The third-order valence-electron chi connectivity index (χ3n) is 3.90. The molecule has 1 heterocycles. The molecule has 27 heavy (non-hydrogen) atoms. The molecule has 0 fully saturated rings. The van der Waals surface area contributed by atoms with Crippen LogP contribution in [0.2, 0.25) is 0 Å². The number of anilines is 2. The van der Waals surface area contributed by atoms with Gasteiger partial charge in [-0.05, 0) is 17.9 Å². The Morgan fingerprint density at radius 2 is 1.81 bits per heavy atom. The Bertz CT molecular complexity index is 769. The van der Waals surface area contributed by atoms with Crippen molar-refractivity contribution in [2.24, 2.45) is 11.8 Å². The number of aromatic nitrogens is 2. The zero-order valence-corrected chi connectivity index (χ0v) is 16.4. The summed E-state index contributed by atoms with van der Waals surface area (Å²) in [5.74, 6) is 0.718. The summed E-state index contributed by atoms with van der Waals surface area (Å²) in [6.45, 7) is 10.2. The largest absolute Gasteiger partial charge is 0.383 e. The number of hydrogen-bond donors (Lipinski definition) is 2. The van der Waals surface area contributed by atoms with Gasteiger partial charge >= 0.3 is 0 Å². The fraction of sp³-hybridized carbons (Fsp3) is 0.450. The third-order valence-corrected chi connectivity index (χ3v) is 3.90. The number of amides is 1. The van der Waals surface area contributed by atoms with Crippen molar-refractivity contribution < 1.29 is 9.18 Å². The topological polar surface area (TPSA) is 84.1 Å². The van der Waals surface area contributed by atoms with Gasteiger partial charge in [0.2, 0.25) is 5.95 Å². The summed E-state index contributed by atoms with van der Waals surface area (Å²) in [6, 6.07) is 6.29. The van der Waals surface area contributed by atoms with Crippen LogP contribution in [-0.2, 0) is 6.54 Å². The number of nitrogens with two attached hydrogens (primary N) is 1. The molecule has 0 saturated carbocycles. The Kier molecular flexibility index (Phi) is 7.10. The maximum atomic E-state index is 13.7. The Labute approximate surface area is 160 Å². The van der Waals surface area contributed by atoms with Crippen molar-refractivity contribution in [2.75, 3.05) is 23.7 Å². The van der Waals surface area contributed by atoms with E-state index in [0.717, 1.165) is 13.1 Å². The van der Waals surface area contributed by atoms with Gasteiger partial charge in [-0.2, -0.15) is 4.98 Å². The zero-order chi connectivity index (χ0) is 20.0. The standard InChI is InChI=1S/C20H28FN5O/c1-13(2)11-26(12-14(3)4)20-24-10-16(18(22)25-20)19(27)23-9-15-7-5-6-8-17(15)21/h5-8,10,13-14H,9,11-12H2,1-4H3,(H,23,27)(H2,22,24,25). The van der Waals surface area contributed by atoms with Crippen molar-refractivity contribution in [3.8, 4) is 0 Å². The molecule has 1 aromatic heterocycles. The van der Waals surface area contributed by atoms with E-state index in [4.69, 9.17) is 5.73 Å². The second-order valence-corrected chi connectivity index (χ2v) is 7.44. The van der Waals surface area contributed by atoms with Crippen molar-refractivity contribution in [3.05, 3.63) is 47.4 Å². The van der Waals surface area contributed by atoms with Gasteiger partial charge < -0.3 is 16.0 Å². The number of hydrogen-bond acceptors (Lipinski definition) is 5. The van der Waals surface area contributed by atoms with Gasteiger partial charge in [-0.15, -0.1) is 0 Å². The first-order valence-electron chi connectivity index (χ1n) is 9.17. The molecule has 146 valence electrons. The predicted molar refractivity (Wildman–Crippen MR) is 106 cm³/mol. The lowest BCUT2D eigenvalue weighted by molar-refractivity contribution is 0.0951. The Morgan fingerprint density at radius 1 is 1.19 bits per heavy atom. The molecule has 0 unspecified atom stereocenters. The van der Waals surface area contributed by atoms with Crippen LogP contribution in [0.1, 0.15) is 43.6 Å². The van der Waals surface area contributed by atoms with Crippen molar-refractivity contribution in [1.82, 2.24) is 15.3 Å². The van der Waals surface area contributed by atoms with E-state index in [2.05, 4.69) is 47.9 Å². The van der Waals surface area contributed by atoms with Crippen LogP contribution < -0.4 is 16.0 Å². The van der Waals surface area contributed by atoms with Crippen LogP contribution in [0.25, 0.3) is 0 Å². The minimum absolute atomic E-state index is 0.0690. The van der Waals surface area contributed by atoms with E-state index < -0.39 is 5.91 Å². The van der Waals surface area contributed by atoms with Crippen LogP contribution in [0, 0.1) is 17.7 Å². The van der Waals surface area contributed by atoms with E-state index in [-0.39, 0.29) is 23.7 Å². The van der Waals surface area contributed by atoms with E-state index in [9.17, 15) is 9.18 Å². The number of nitrogen functional groups attached to an aromatic ring is 1. The molecule has 7 heteroatoms. The smallest absolute Gasteiger partial charge is 0.256 e. The zero-order valence-electron chi connectivity index (χ0n) is 16.4. The number of carbonyl (C=O) groups is 1. The van der Waals surface area contributed by atoms with Crippen LogP contribution >= 0.6 is 0 Å². The van der Waals surface area contributed by atoms with Crippen LogP contribution in [-0.4, -0.2) is 29.0 Å². The highest BCUT2D eigenvalue weighted by Crippen LogP contribution is 2.17. The quantitative estimate of drug-likeness (QED) is 0.742. The van der Waals surface area contributed by atoms with Gasteiger partial charge in [0.15, 0.2) is 0 Å². The summed E-state index contributed by atoms with van der Waals surface area (Å²) in [5, 5.41) is 2.66. The molecule has 0 aliphatic heterocycles. The first-order chi connectivity index (χ1) is 12.8. The van der Waals surface area contributed by atoms with Gasteiger partial charge in [-0.1, -0.05) is 45.9 Å². The maximum Gasteiger partial charge on any atom is 0.256 e. The van der Waals surface area contributed by atoms with Crippen molar-refractivity contribution in [3.63, 3.8) is 0 Å². The minimum Gasteiger partial charge on any atom is -0.383 e. The first-order valence-corrected chi connectivity index (χ1v) is 9.17. The predicted octanol–water partition coefficient (Wildman–Crippen LogP) is 3.25. The molecule has 2 rings (SSSR count). The van der Waals surface area contributed by atoms with Gasteiger partial charge in [0.05, 0.1) is 5.56 Å². The highest BCUT2D eigenvalue weighted by atomic mass is 19.1. The molecule has 0 radical (unpaired) electrons. The molecule has 0 aliphatic carbocycles. The summed E-state index contributed by atoms with van der Waals surface area (Å²) in [7, 11) is 0. The summed E-state index contributed by atoms with van der Waals surface area (Å²) in [5.41, 5.74) is 6.60. The van der Waals surface area contributed by atoms with Gasteiger partial charge in [0, 0.05) is 31.4 Å². The van der Waals surface area contributed by atoms with Crippen molar-refractivity contribution in [2.45, 2.75) is 34.2 Å². The summed E-state index contributed by atoms with van der Waals surface area (Å²) >= 11 is 0. The molecule has 0 atom stereocenters. The molecule has 2 aromatic rings. The molecular weight excluding hydrogens is 345 g/mol. The van der Waals surface area contributed by atoms with Gasteiger partial charge in [-0.25, -0.2) is 9.37 Å². The molecule has 0 bridgehead atoms. The van der Waals surface area contributed by atoms with E-state index in [0.29, 0.717) is 23.3 Å².